The van der Waals surface area contributed by atoms with Gasteiger partial charge in [0.2, 0.25) is 0 Å². The highest BCUT2D eigenvalue weighted by atomic mass is 32.1. The SMILES string of the molecule is C1=CC2c3ccccc3N(c3ccccc3-c3ccc(N(c4ccc(-c5cccc6c5sc5ccccc56)cc4)c4ccc5c6ccccc6c6ccccc6c5c4)cc3)C2C=C1. The summed E-state index contributed by atoms with van der Waals surface area (Å²) in [7, 11) is 0. The second-order valence-electron chi connectivity index (χ2n) is 16.8. The molecule has 13 rings (SSSR count). The van der Waals surface area contributed by atoms with Crippen molar-refractivity contribution in [1.82, 2.24) is 0 Å². The first-order valence-electron chi connectivity index (χ1n) is 21.8. The molecule has 63 heavy (non-hydrogen) atoms. The first kappa shape index (κ1) is 36.0. The van der Waals surface area contributed by atoms with Crippen LogP contribution in [-0.4, -0.2) is 6.04 Å². The van der Waals surface area contributed by atoms with Crippen LogP contribution in [0, 0.1) is 0 Å². The van der Waals surface area contributed by atoms with E-state index in [1.165, 1.54) is 91.7 Å². The third kappa shape index (κ3) is 5.70. The van der Waals surface area contributed by atoms with Gasteiger partial charge in [-0.05, 0) is 109 Å². The molecule has 2 unspecified atom stereocenters. The second kappa shape index (κ2) is 14.4. The third-order valence-corrected chi connectivity index (χ3v) is 14.6. The first-order chi connectivity index (χ1) is 31.3. The summed E-state index contributed by atoms with van der Waals surface area (Å²) in [6.07, 6.45) is 9.09. The van der Waals surface area contributed by atoms with Crippen molar-refractivity contribution in [3.05, 3.63) is 236 Å². The van der Waals surface area contributed by atoms with Crippen LogP contribution in [0.25, 0.3) is 74.7 Å². The molecular weight excluding hydrogens is 781 g/mol. The van der Waals surface area contributed by atoms with Crippen molar-refractivity contribution in [3.63, 3.8) is 0 Å². The van der Waals surface area contributed by atoms with Crippen LogP contribution in [0.3, 0.4) is 0 Å². The minimum absolute atomic E-state index is 0.234. The van der Waals surface area contributed by atoms with Gasteiger partial charge in [0, 0.05) is 60.1 Å². The van der Waals surface area contributed by atoms with E-state index in [0.29, 0.717) is 5.92 Å². The van der Waals surface area contributed by atoms with Crippen molar-refractivity contribution in [2.75, 3.05) is 9.80 Å². The van der Waals surface area contributed by atoms with Crippen LogP contribution < -0.4 is 9.80 Å². The average molecular weight is 821 g/mol. The lowest BCUT2D eigenvalue weighted by atomic mass is 9.91. The van der Waals surface area contributed by atoms with Gasteiger partial charge in [-0.15, -0.1) is 11.3 Å². The molecule has 0 radical (unpaired) electrons. The lowest BCUT2D eigenvalue weighted by Gasteiger charge is -2.31. The minimum atomic E-state index is 0.234. The van der Waals surface area contributed by atoms with E-state index in [-0.39, 0.29) is 6.04 Å². The van der Waals surface area contributed by atoms with E-state index in [9.17, 15) is 0 Å². The highest BCUT2D eigenvalue weighted by molar-refractivity contribution is 7.26. The van der Waals surface area contributed by atoms with Crippen LogP contribution in [0.2, 0.25) is 0 Å². The molecule has 11 aromatic rings. The summed E-state index contributed by atoms with van der Waals surface area (Å²) in [4.78, 5) is 4.96. The number of thiophene rings is 1. The Morgan fingerprint density at radius 2 is 0.905 bits per heavy atom. The fraction of sp³-hybridized carbons (Fsp3) is 0.0333. The maximum atomic E-state index is 2.54. The van der Waals surface area contributed by atoms with Gasteiger partial charge in [0.15, 0.2) is 0 Å². The Bertz CT molecular complexity index is 3620. The van der Waals surface area contributed by atoms with Gasteiger partial charge in [-0.3, -0.25) is 0 Å². The first-order valence-corrected chi connectivity index (χ1v) is 22.7. The van der Waals surface area contributed by atoms with E-state index in [1.54, 1.807) is 0 Å². The van der Waals surface area contributed by atoms with Crippen LogP contribution in [0.5, 0.6) is 0 Å². The summed E-state index contributed by atoms with van der Waals surface area (Å²) in [5.41, 5.74) is 12.1. The number of benzene rings is 10. The van der Waals surface area contributed by atoms with Crippen LogP contribution >= 0.6 is 11.3 Å². The Balaban J connectivity index is 0.949. The second-order valence-corrected chi connectivity index (χ2v) is 17.8. The van der Waals surface area contributed by atoms with E-state index in [0.717, 1.165) is 17.1 Å². The Kier molecular flexibility index (Phi) is 8.25. The molecule has 0 saturated carbocycles. The van der Waals surface area contributed by atoms with Crippen LogP contribution in [0.4, 0.5) is 28.4 Å². The summed E-state index contributed by atoms with van der Waals surface area (Å²) >= 11 is 1.88. The molecule has 0 bridgehead atoms. The Hall–Kier alpha value is -7.72. The largest absolute Gasteiger partial charge is 0.333 e. The van der Waals surface area contributed by atoms with Crippen LogP contribution in [0.1, 0.15) is 11.5 Å². The molecule has 1 aliphatic heterocycles. The fourth-order valence-corrected chi connectivity index (χ4v) is 11.8. The number of hydrogen-bond acceptors (Lipinski definition) is 3. The Morgan fingerprint density at radius 3 is 1.63 bits per heavy atom. The summed E-state index contributed by atoms with van der Waals surface area (Å²) in [6.45, 7) is 0. The molecule has 3 heteroatoms. The third-order valence-electron chi connectivity index (χ3n) is 13.4. The zero-order valence-corrected chi connectivity index (χ0v) is 35.2. The lowest BCUT2D eigenvalue weighted by Crippen LogP contribution is -2.28. The van der Waals surface area contributed by atoms with Gasteiger partial charge in [0.05, 0.1) is 6.04 Å². The molecule has 2 aliphatic rings. The lowest BCUT2D eigenvalue weighted by molar-refractivity contribution is 0.745. The molecule has 2 atom stereocenters. The molecule has 0 fully saturated rings. The van der Waals surface area contributed by atoms with Gasteiger partial charge in [0.25, 0.3) is 0 Å². The topological polar surface area (TPSA) is 6.48 Å². The van der Waals surface area contributed by atoms with E-state index < -0.39 is 0 Å². The summed E-state index contributed by atoms with van der Waals surface area (Å²) in [5, 5.41) is 10.3. The van der Waals surface area contributed by atoms with Gasteiger partial charge < -0.3 is 9.80 Å². The Morgan fingerprint density at radius 1 is 0.381 bits per heavy atom. The molecule has 1 aliphatic carbocycles. The maximum absolute atomic E-state index is 2.54. The number of nitrogens with zero attached hydrogens (tertiary/aromatic N) is 2. The molecule has 0 spiro atoms. The molecule has 296 valence electrons. The number of rotatable bonds is 6. The highest BCUT2D eigenvalue weighted by Crippen LogP contribution is 2.50. The quantitative estimate of drug-likeness (QED) is 0.154. The normalized spacial score (nSPS) is 15.5. The molecule has 10 aromatic carbocycles. The number of fused-ring (bicyclic) bond motifs is 12. The molecule has 2 heterocycles. The minimum Gasteiger partial charge on any atom is -0.333 e. The molecule has 0 amide bonds. The van der Waals surface area contributed by atoms with Crippen molar-refractivity contribution in [2.45, 2.75) is 12.0 Å². The van der Waals surface area contributed by atoms with E-state index in [4.69, 9.17) is 0 Å². The average Bonchev–Trinajstić information content (AvgIpc) is 3.91. The van der Waals surface area contributed by atoms with E-state index in [2.05, 4.69) is 240 Å². The molecule has 1 aromatic heterocycles. The predicted molar refractivity (Wildman–Crippen MR) is 271 cm³/mol. The molecule has 0 saturated heterocycles. The number of hydrogen-bond donors (Lipinski definition) is 0. The van der Waals surface area contributed by atoms with Gasteiger partial charge in [0.1, 0.15) is 0 Å². The number of anilines is 5. The van der Waals surface area contributed by atoms with E-state index >= 15 is 0 Å². The standard InChI is InChI=1S/C60H40N2S/c1-2-17-48-46(15-1)47-16-3-4-18-49(47)55-38-43(36-37-50(48)55)61(42-34-30-40(31-35-42)45-22-13-23-54-53-21-8-12-27-59(53)63-60(45)54)41-32-28-39(29-33-41)44-14-5-9-24-56(44)62-57-25-10-6-19-51(57)52-20-7-11-26-58(52)62/h1-38,51,57H. The van der Waals surface area contributed by atoms with Gasteiger partial charge in [-0.25, -0.2) is 0 Å². The van der Waals surface area contributed by atoms with Crippen LogP contribution in [-0.2, 0) is 0 Å². The van der Waals surface area contributed by atoms with Gasteiger partial charge >= 0.3 is 0 Å². The van der Waals surface area contributed by atoms with Gasteiger partial charge in [-0.2, -0.15) is 0 Å². The molecule has 2 nitrogen and oxygen atoms in total. The highest BCUT2D eigenvalue weighted by Gasteiger charge is 2.37. The van der Waals surface area contributed by atoms with Crippen molar-refractivity contribution in [2.24, 2.45) is 0 Å². The monoisotopic (exact) mass is 820 g/mol. The van der Waals surface area contributed by atoms with Crippen molar-refractivity contribution >= 4 is 92.3 Å². The number of para-hydroxylation sites is 2. The zero-order valence-electron chi connectivity index (χ0n) is 34.4. The maximum Gasteiger partial charge on any atom is 0.0629 e. The predicted octanol–water partition coefficient (Wildman–Crippen LogP) is 17.0. The summed E-state index contributed by atoms with van der Waals surface area (Å²) in [6, 6.07) is 76.6. The fourth-order valence-electron chi connectivity index (χ4n) is 10.5. The van der Waals surface area contributed by atoms with Crippen LogP contribution in [0.15, 0.2) is 231 Å². The van der Waals surface area contributed by atoms with Crippen molar-refractivity contribution in [3.8, 4) is 22.3 Å². The number of allylic oxidation sites excluding steroid dienone is 2. The van der Waals surface area contributed by atoms with Crippen molar-refractivity contribution in [1.29, 1.82) is 0 Å². The zero-order chi connectivity index (χ0) is 41.4. The Labute approximate surface area is 370 Å². The summed E-state index contributed by atoms with van der Waals surface area (Å²) in [5.74, 6) is 0.330. The van der Waals surface area contributed by atoms with Crippen molar-refractivity contribution < 1.29 is 0 Å². The molecule has 0 N–H and O–H groups in total. The smallest absolute Gasteiger partial charge is 0.0629 e. The molecular formula is C60H40N2S. The van der Waals surface area contributed by atoms with E-state index in [1.807, 2.05) is 11.3 Å². The van der Waals surface area contributed by atoms with Gasteiger partial charge in [-0.1, -0.05) is 176 Å². The summed E-state index contributed by atoms with van der Waals surface area (Å²) < 4.78 is 2.65.